The number of aliphatic hydroxyl groups is 1. The summed E-state index contributed by atoms with van der Waals surface area (Å²) in [5.74, 6) is 0.653. The maximum absolute atomic E-state index is 10.0. The second-order valence-corrected chi connectivity index (χ2v) is 5.16. The molecule has 0 radical (unpaired) electrons. The number of hydrogen-bond donors (Lipinski definition) is 3. The van der Waals surface area contributed by atoms with Gasteiger partial charge in [0, 0.05) is 18.8 Å². The fraction of sp³-hybridized carbons (Fsp3) is 0.643. The molecule has 1 aromatic rings. The van der Waals surface area contributed by atoms with Gasteiger partial charge in [0.05, 0.1) is 11.8 Å². The molecular weight excluding hydrogens is 228 g/mol. The van der Waals surface area contributed by atoms with E-state index in [1.54, 1.807) is 12.1 Å². The monoisotopic (exact) mass is 250 g/mol. The van der Waals surface area contributed by atoms with Crippen LogP contribution in [0.1, 0.15) is 37.1 Å². The second-order valence-electron chi connectivity index (χ2n) is 5.16. The van der Waals surface area contributed by atoms with Gasteiger partial charge in [-0.05, 0) is 37.8 Å². The standard InChI is InChI=1S/C14H22N2O2/c1-10-6-7-13(17)12(16-10)8-15-9-14(18)11-4-2-3-5-11/h6-7,11,14-15,17-18H,2-5,8-9H2,1H3. The van der Waals surface area contributed by atoms with Gasteiger partial charge in [-0.15, -0.1) is 0 Å². The van der Waals surface area contributed by atoms with Crippen molar-refractivity contribution in [3.05, 3.63) is 23.5 Å². The lowest BCUT2D eigenvalue weighted by Gasteiger charge is -2.18. The number of aromatic hydroxyl groups is 1. The summed E-state index contributed by atoms with van der Waals surface area (Å²) >= 11 is 0. The van der Waals surface area contributed by atoms with Gasteiger partial charge in [0.15, 0.2) is 0 Å². The zero-order chi connectivity index (χ0) is 13.0. The average Bonchev–Trinajstić information content (AvgIpc) is 2.87. The molecule has 4 heteroatoms. The van der Waals surface area contributed by atoms with E-state index in [1.165, 1.54) is 12.8 Å². The van der Waals surface area contributed by atoms with Crippen LogP contribution in [0.25, 0.3) is 0 Å². The van der Waals surface area contributed by atoms with Crippen molar-refractivity contribution in [1.29, 1.82) is 0 Å². The molecule has 0 aromatic carbocycles. The number of nitrogens with one attached hydrogen (secondary N) is 1. The van der Waals surface area contributed by atoms with Gasteiger partial charge in [-0.2, -0.15) is 0 Å². The predicted octanol–water partition coefficient (Wildman–Crippen LogP) is 1.74. The van der Waals surface area contributed by atoms with Crippen LogP contribution in [-0.4, -0.2) is 27.8 Å². The number of pyridine rings is 1. The smallest absolute Gasteiger partial charge is 0.138 e. The van der Waals surface area contributed by atoms with Crippen LogP contribution < -0.4 is 5.32 Å². The Balaban J connectivity index is 1.79. The average molecular weight is 250 g/mol. The van der Waals surface area contributed by atoms with E-state index in [0.717, 1.165) is 18.5 Å². The molecule has 1 aliphatic carbocycles. The highest BCUT2D eigenvalue weighted by molar-refractivity contribution is 5.27. The molecule has 0 amide bonds. The maximum atomic E-state index is 10.0. The summed E-state index contributed by atoms with van der Waals surface area (Å²) in [6, 6.07) is 3.44. The highest BCUT2D eigenvalue weighted by atomic mass is 16.3. The molecule has 1 aliphatic rings. The molecule has 1 heterocycles. The minimum Gasteiger partial charge on any atom is -0.506 e. The molecule has 1 atom stereocenters. The zero-order valence-electron chi connectivity index (χ0n) is 10.9. The molecule has 1 unspecified atom stereocenters. The van der Waals surface area contributed by atoms with E-state index in [4.69, 9.17) is 0 Å². The molecule has 0 aliphatic heterocycles. The summed E-state index contributed by atoms with van der Waals surface area (Å²) in [5.41, 5.74) is 1.54. The Bertz CT molecular complexity index is 389. The molecule has 1 saturated carbocycles. The molecule has 18 heavy (non-hydrogen) atoms. The Morgan fingerprint density at radius 3 is 2.83 bits per heavy atom. The number of nitrogens with zero attached hydrogens (tertiary/aromatic N) is 1. The predicted molar refractivity (Wildman–Crippen MR) is 70.3 cm³/mol. The fourth-order valence-electron chi connectivity index (χ4n) is 2.58. The number of aromatic nitrogens is 1. The zero-order valence-corrected chi connectivity index (χ0v) is 10.9. The first-order chi connectivity index (χ1) is 8.66. The Hall–Kier alpha value is -1.13. The highest BCUT2D eigenvalue weighted by Crippen LogP contribution is 2.27. The molecular formula is C14H22N2O2. The molecule has 0 bridgehead atoms. The maximum Gasteiger partial charge on any atom is 0.138 e. The normalized spacial score (nSPS) is 18.1. The minimum absolute atomic E-state index is 0.212. The van der Waals surface area contributed by atoms with E-state index in [1.807, 2.05) is 6.92 Å². The van der Waals surface area contributed by atoms with E-state index in [2.05, 4.69) is 10.3 Å². The fourth-order valence-corrected chi connectivity index (χ4v) is 2.58. The van der Waals surface area contributed by atoms with Gasteiger partial charge >= 0.3 is 0 Å². The highest BCUT2D eigenvalue weighted by Gasteiger charge is 2.22. The Kier molecular flexibility index (Phi) is 4.55. The third-order valence-corrected chi connectivity index (χ3v) is 3.68. The van der Waals surface area contributed by atoms with Gasteiger partial charge in [0.25, 0.3) is 0 Å². The van der Waals surface area contributed by atoms with E-state index < -0.39 is 0 Å². The first-order valence-corrected chi connectivity index (χ1v) is 6.71. The lowest BCUT2D eigenvalue weighted by Crippen LogP contribution is -2.31. The van der Waals surface area contributed by atoms with Crippen molar-refractivity contribution in [2.75, 3.05) is 6.54 Å². The summed E-state index contributed by atoms with van der Waals surface area (Å²) in [6.45, 7) is 2.97. The van der Waals surface area contributed by atoms with Crippen molar-refractivity contribution >= 4 is 0 Å². The Morgan fingerprint density at radius 1 is 1.39 bits per heavy atom. The summed E-state index contributed by atoms with van der Waals surface area (Å²) in [7, 11) is 0. The Labute approximate surface area is 108 Å². The SMILES string of the molecule is Cc1ccc(O)c(CNCC(O)C2CCCC2)n1. The van der Waals surface area contributed by atoms with Crippen molar-refractivity contribution in [1.82, 2.24) is 10.3 Å². The van der Waals surface area contributed by atoms with Crippen LogP contribution in [0.3, 0.4) is 0 Å². The topological polar surface area (TPSA) is 65.4 Å². The first kappa shape index (κ1) is 13.3. The van der Waals surface area contributed by atoms with Crippen molar-refractivity contribution < 1.29 is 10.2 Å². The van der Waals surface area contributed by atoms with Crippen molar-refractivity contribution in [2.45, 2.75) is 45.3 Å². The summed E-state index contributed by atoms with van der Waals surface area (Å²) in [4.78, 5) is 4.27. The van der Waals surface area contributed by atoms with Crippen LogP contribution in [0.4, 0.5) is 0 Å². The van der Waals surface area contributed by atoms with Gasteiger partial charge in [0.2, 0.25) is 0 Å². The van der Waals surface area contributed by atoms with E-state index >= 15 is 0 Å². The molecule has 0 saturated heterocycles. The molecule has 0 spiro atoms. The summed E-state index contributed by atoms with van der Waals surface area (Å²) in [5, 5.41) is 22.8. The lowest BCUT2D eigenvalue weighted by atomic mass is 10.0. The van der Waals surface area contributed by atoms with Gasteiger partial charge < -0.3 is 15.5 Å². The van der Waals surface area contributed by atoms with Crippen LogP contribution in [0.15, 0.2) is 12.1 Å². The van der Waals surface area contributed by atoms with E-state index in [9.17, 15) is 10.2 Å². The van der Waals surface area contributed by atoms with Crippen LogP contribution in [0, 0.1) is 12.8 Å². The quantitative estimate of drug-likeness (QED) is 0.744. The lowest BCUT2D eigenvalue weighted by molar-refractivity contribution is 0.109. The van der Waals surface area contributed by atoms with Crippen LogP contribution in [0.2, 0.25) is 0 Å². The van der Waals surface area contributed by atoms with Crippen molar-refractivity contribution in [3.8, 4) is 5.75 Å². The van der Waals surface area contributed by atoms with Crippen LogP contribution in [-0.2, 0) is 6.54 Å². The molecule has 100 valence electrons. The third kappa shape index (κ3) is 3.43. The number of hydrogen-bond acceptors (Lipinski definition) is 4. The van der Waals surface area contributed by atoms with Gasteiger partial charge in [0.1, 0.15) is 5.75 Å². The molecule has 1 fully saturated rings. The van der Waals surface area contributed by atoms with Crippen LogP contribution >= 0.6 is 0 Å². The van der Waals surface area contributed by atoms with Crippen molar-refractivity contribution in [2.24, 2.45) is 5.92 Å². The van der Waals surface area contributed by atoms with E-state index in [0.29, 0.717) is 24.7 Å². The van der Waals surface area contributed by atoms with Gasteiger partial charge in [-0.3, -0.25) is 4.98 Å². The minimum atomic E-state index is -0.278. The third-order valence-electron chi connectivity index (χ3n) is 3.68. The van der Waals surface area contributed by atoms with Gasteiger partial charge in [-0.1, -0.05) is 12.8 Å². The Morgan fingerprint density at radius 2 is 2.11 bits per heavy atom. The van der Waals surface area contributed by atoms with Crippen LogP contribution in [0.5, 0.6) is 5.75 Å². The molecule has 1 aromatic heterocycles. The summed E-state index contributed by atoms with van der Waals surface area (Å²) in [6.07, 6.45) is 4.47. The largest absolute Gasteiger partial charge is 0.506 e. The first-order valence-electron chi connectivity index (χ1n) is 6.71. The summed E-state index contributed by atoms with van der Waals surface area (Å²) < 4.78 is 0. The second kappa shape index (κ2) is 6.16. The molecule has 4 nitrogen and oxygen atoms in total. The molecule has 2 rings (SSSR count). The van der Waals surface area contributed by atoms with E-state index in [-0.39, 0.29) is 11.9 Å². The number of rotatable bonds is 5. The number of aliphatic hydroxyl groups excluding tert-OH is 1. The molecule has 3 N–H and O–H groups in total. The number of aryl methyl sites for hydroxylation is 1. The van der Waals surface area contributed by atoms with Gasteiger partial charge in [-0.25, -0.2) is 0 Å². The van der Waals surface area contributed by atoms with Crippen molar-refractivity contribution in [3.63, 3.8) is 0 Å².